The summed E-state index contributed by atoms with van der Waals surface area (Å²) >= 11 is 0. The Bertz CT molecular complexity index is 523. The first kappa shape index (κ1) is 14.6. The molecule has 1 aromatic rings. The minimum absolute atomic E-state index is 0.167. The Kier molecular flexibility index (Phi) is 3.56. The number of hydrogen-bond donors (Lipinski definition) is 0. The molecule has 0 radical (unpaired) electrons. The van der Waals surface area contributed by atoms with Crippen molar-refractivity contribution >= 4 is 5.97 Å². The van der Waals surface area contributed by atoms with Gasteiger partial charge in [-0.15, -0.1) is 0 Å². The maximum Gasteiger partial charge on any atom is 0.343 e. The van der Waals surface area contributed by atoms with Gasteiger partial charge in [0.25, 0.3) is 0 Å². The van der Waals surface area contributed by atoms with E-state index in [9.17, 15) is 4.79 Å². The number of benzene rings is 1. The molecule has 0 saturated carbocycles. The van der Waals surface area contributed by atoms with Crippen molar-refractivity contribution in [2.75, 3.05) is 6.61 Å². The molecule has 114 valence electrons. The summed E-state index contributed by atoms with van der Waals surface area (Å²) in [7, 11) is 0. The Morgan fingerprint density at radius 1 is 1.10 bits per heavy atom. The first-order valence-electron chi connectivity index (χ1n) is 7.90. The van der Waals surface area contributed by atoms with Gasteiger partial charge in [0.05, 0.1) is 12.2 Å². The first-order chi connectivity index (χ1) is 9.97. The predicted molar refractivity (Wildman–Crippen MR) is 80.7 cm³/mol. The van der Waals surface area contributed by atoms with Crippen LogP contribution in [0.3, 0.4) is 0 Å². The van der Waals surface area contributed by atoms with Crippen LogP contribution in [0.25, 0.3) is 0 Å². The van der Waals surface area contributed by atoms with Crippen LogP contribution < -0.4 is 0 Å². The van der Waals surface area contributed by atoms with Crippen LogP contribution in [0, 0.1) is 11.8 Å². The summed E-state index contributed by atoms with van der Waals surface area (Å²) in [5.74, 6) is 0.536. The number of cyclic esters (lactones) is 1. The molecule has 2 aliphatic rings. The molecule has 0 spiro atoms. The number of hydrogen-bond acceptors (Lipinski definition) is 3. The van der Waals surface area contributed by atoms with Crippen LogP contribution in [0.1, 0.15) is 45.6 Å². The van der Waals surface area contributed by atoms with Gasteiger partial charge in [-0.3, -0.25) is 0 Å². The Balaban J connectivity index is 2.02. The van der Waals surface area contributed by atoms with Gasteiger partial charge in [0.15, 0.2) is 5.60 Å². The van der Waals surface area contributed by atoms with E-state index in [1.165, 1.54) is 0 Å². The lowest BCUT2D eigenvalue weighted by molar-refractivity contribution is -0.313. The second-order valence-corrected chi connectivity index (χ2v) is 6.97. The predicted octanol–water partition coefficient (Wildman–Crippen LogP) is 3.67. The van der Waals surface area contributed by atoms with Gasteiger partial charge in [0.2, 0.25) is 0 Å². The average molecular weight is 288 g/mol. The van der Waals surface area contributed by atoms with E-state index in [4.69, 9.17) is 9.47 Å². The van der Waals surface area contributed by atoms with E-state index in [1.807, 2.05) is 30.3 Å². The van der Waals surface area contributed by atoms with Crippen molar-refractivity contribution < 1.29 is 14.3 Å². The van der Waals surface area contributed by atoms with Gasteiger partial charge in [0, 0.05) is 5.92 Å². The molecule has 0 bridgehead atoms. The highest BCUT2D eigenvalue weighted by Crippen LogP contribution is 2.56. The van der Waals surface area contributed by atoms with Gasteiger partial charge in [-0.2, -0.15) is 0 Å². The standard InChI is InChI=1S/C18H24O3/c1-13-9-10-15-17(2,3)21-18(15,16(19)20-12-11-13)14-7-5-4-6-8-14/h4-8,13,15H,9-12H2,1-3H3/t13-,15+,18+/m1/s1. The third kappa shape index (κ3) is 2.28. The molecular formula is C18H24O3. The molecule has 2 fully saturated rings. The van der Waals surface area contributed by atoms with Crippen molar-refractivity contribution in [1.82, 2.24) is 0 Å². The van der Waals surface area contributed by atoms with Gasteiger partial charge in [-0.25, -0.2) is 4.79 Å². The summed E-state index contributed by atoms with van der Waals surface area (Å²) in [5, 5.41) is 0. The van der Waals surface area contributed by atoms with E-state index in [-0.39, 0.29) is 17.5 Å². The highest BCUT2D eigenvalue weighted by molar-refractivity contribution is 5.83. The fourth-order valence-corrected chi connectivity index (χ4v) is 3.84. The second kappa shape index (κ2) is 5.13. The molecular weight excluding hydrogens is 264 g/mol. The lowest BCUT2D eigenvalue weighted by Gasteiger charge is -2.58. The van der Waals surface area contributed by atoms with Gasteiger partial charge in [-0.1, -0.05) is 43.7 Å². The van der Waals surface area contributed by atoms with E-state index in [2.05, 4.69) is 20.8 Å². The highest BCUT2D eigenvalue weighted by Gasteiger charge is 2.66. The summed E-state index contributed by atoms with van der Waals surface area (Å²) in [6.45, 7) is 6.88. The molecule has 2 saturated heterocycles. The monoisotopic (exact) mass is 288 g/mol. The minimum atomic E-state index is -0.908. The Morgan fingerprint density at radius 3 is 2.48 bits per heavy atom. The number of rotatable bonds is 1. The molecule has 0 amide bonds. The first-order valence-corrected chi connectivity index (χ1v) is 7.90. The summed E-state index contributed by atoms with van der Waals surface area (Å²) < 4.78 is 11.7. The zero-order valence-electron chi connectivity index (χ0n) is 13.1. The van der Waals surface area contributed by atoms with Crippen molar-refractivity contribution in [3.05, 3.63) is 35.9 Å². The van der Waals surface area contributed by atoms with E-state index < -0.39 is 5.60 Å². The number of ether oxygens (including phenoxy) is 2. The molecule has 0 aromatic heterocycles. The lowest BCUT2D eigenvalue weighted by atomic mass is 9.64. The van der Waals surface area contributed by atoms with E-state index in [1.54, 1.807) is 0 Å². The Hall–Kier alpha value is -1.35. The largest absolute Gasteiger partial charge is 0.463 e. The van der Waals surface area contributed by atoms with E-state index >= 15 is 0 Å². The number of carbonyl (C=O) groups excluding carboxylic acids is 1. The third-order valence-corrected chi connectivity index (χ3v) is 5.05. The lowest BCUT2D eigenvalue weighted by Crippen LogP contribution is -2.67. The van der Waals surface area contributed by atoms with Gasteiger partial charge in [-0.05, 0) is 38.2 Å². The maximum absolute atomic E-state index is 12.8. The molecule has 21 heavy (non-hydrogen) atoms. The summed E-state index contributed by atoms with van der Waals surface area (Å²) in [4.78, 5) is 12.8. The van der Waals surface area contributed by atoms with Crippen LogP contribution >= 0.6 is 0 Å². The van der Waals surface area contributed by atoms with Gasteiger partial charge < -0.3 is 9.47 Å². The fourth-order valence-electron chi connectivity index (χ4n) is 3.84. The zero-order chi connectivity index (χ0) is 15.1. The van der Waals surface area contributed by atoms with E-state index in [0.29, 0.717) is 12.5 Å². The second-order valence-electron chi connectivity index (χ2n) is 6.97. The van der Waals surface area contributed by atoms with Crippen LogP contribution in [-0.4, -0.2) is 18.2 Å². The minimum Gasteiger partial charge on any atom is -0.463 e. The molecule has 0 unspecified atom stereocenters. The smallest absolute Gasteiger partial charge is 0.343 e. The summed E-state index contributed by atoms with van der Waals surface area (Å²) in [6.07, 6.45) is 3.05. The topological polar surface area (TPSA) is 35.5 Å². The molecule has 3 rings (SSSR count). The SMILES string of the molecule is C[C@H]1CCOC(=O)[C@@]2(c3ccccc3)OC(C)(C)[C@@H]2CC1. The van der Waals surface area contributed by atoms with Gasteiger partial charge >= 0.3 is 5.97 Å². The molecule has 0 aliphatic carbocycles. The molecule has 3 atom stereocenters. The zero-order valence-corrected chi connectivity index (χ0v) is 13.1. The number of fused-ring (bicyclic) bond motifs is 1. The number of esters is 1. The molecule has 3 nitrogen and oxygen atoms in total. The molecule has 2 heterocycles. The normalized spacial score (nSPS) is 35.5. The Morgan fingerprint density at radius 2 is 1.81 bits per heavy atom. The summed E-state index contributed by atoms with van der Waals surface area (Å²) in [6, 6.07) is 9.83. The average Bonchev–Trinajstić information content (AvgIpc) is 2.49. The summed E-state index contributed by atoms with van der Waals surface area (Å²) in [5.41, 5.74) is -0.262. The van der Waals surface area contributed by atoms with Crippen molar-refractivity contribution in [2.45, 2.75) is 51.2 Å². The highest BCUT2D eigenvalue weighted by atomic mass is 16.6. The molecule has 2 aliphatic heterocycles. The van der Waals surface area contributed by atoms with Crippen LogP contribution in [0.5, 0.6) is 0 Å². The molecule has 3 heteroatoms. The third-order valence-electron chi connectivity index (χ3n) is 5.05. The number of carbonyl (C=O) groups is 1. The quantitative estimate of drug-likeness (QED) is 0.740. The van der Waals surface area contributed by atoms with Crippen molar-refractivity contribution in [3.8, 4) is 0 Å². The van der Waals surface area contributed by atoms with Crippen molar-refractivity contribution in [2.24, 2.45) is 11.8 Å². The Labute approximate surface area is 126 Å². The fraction of sp³-hybridized carbons (Fsp3) is 0.611. The van der Waals surface area contributed by atoms with Gasteiger partial charge in [0.1, 0.15) is 0 Å². The maximum atomic E-state index is 12.8. The molecule has 1 aromatic carbocycles. The van der Waals surface area contributed by atoms with Crippen LogP contribution in [-0.2, 0) is 19.9 Å². The van der Waals surface area contributed by atoms with Crippen molar-refractivity contribution in [1.29, 1.82) is 0 Å². The van der Waals surface area contributed by atoms with Crippen LogP contribution in [0.4, 0.5) is 0 Å². The van der Waals surface area contributed by atoms with E-state index in [0.717, 1.165) is 24.8 Å². The van der Waals surface area contributed by atoms with Crippen LogP contribution in [0.2, 0.25) is 0 Å². The van der Waals surface area contributed by atoms with Crippen molar-refractivity contribution in [3.63, 3.8) is 0 Å². The molecule has 0 N–H and O–H groups in total. The van der Waals surface area contributed by atoms with Crippen LogP contribution in [0.15, 0.2) is 30.3 Å².